The number of rotatable bonds is 6. The Morgan fingerprint density at radius 1 is 1.24 bits per heavy atom. The molecule has 5 nitrogen and oxygen atoms in total. The lowest BCUT2D eigenvalue weighted by Crippen LogP contribution is -2.12. The fraction of sp³-hybridized carbons (Fsp3) is 0.167. The summed E-state index contributed by atoms with van der Waals surface area (Å²) in [4.78, 5) is 17.5. The van der Waals surface area contributed by atoms with Crippen molar-refractivity contribution < 1.29 is 9.32 Å². The zero-order valence-electron chi connectivity index (χ0n) is 13.5. The smallest absolute Gasteiger partial charge is 0.227 e. The van der Waals surface area contributed by atoms with Crippen LogP contribution in [0, 0.1) is 0 Å². The summed E-state index contributed by atoms with van der Waals surface area (Å²) in [5.41, 5.74) is 1.66. The number of benzene rings is 2. The molecule has 0 unspecified atom stereocenters. The van der Waals surface area contributed by atoms with Gasteiger partial charge < -0.3 is 9.84 Å². The van der Waals surface area contributed by atoms with Gasteiger partial charge in [0.15, 0.2) is 0 Å². The first-order valence-electron chi connectivity index (χ1n) is 7.66. The van der Waals surface area contributed by atoms with Crippen molar-refractivity contribution in [3.63, 3.8) is 0 Å². The summed E-state index contributed by atoms with van der Waals surface area (Å²) in [5.74, 6) is 0.892. The number of thioether (sulfide) groups is 1. The molecule has 0 radical (unpaired) electrons. The number of nitrogens with zero attached hydrogens (tertiary/aromatic N) is 2. The zero-order valence-corrected chi connectivity index (χ0v) is 15.9. The second-order valence-electron chi connectivity index (χ2n) is 5.30. The van der Waals surface area contributed by atoms with Crippen molar-refractivity contribution in [2.24, 2.45) is 0 Å². The van der Waals surface area contributed by atoms with Gasteiger partial charge in [-0.3, -0.25) is 4.79 Å². The number of aryl methyl sites for hydroxylation is 1. The van der Waals surface area contributed by atoms with E-state index >= 15 is 0 Å². The molecule has 1 amide bonds. The first-order chi connectivity index (χ1) is 12.1. The summed E-state index contributed by atoms with van der Waals surface area (Å²) >= 11 is 5.02. The number of anilines is 1. The minimum Gasteiger partial charge on any atom is -0.339 e. The first kappa shape index (κ1) is 17.7. The quantitative estimate of drug-likeness (QED) is 0.583. The van der Waals surface area contributed by atoms with Crippen LogP contribution in [0.15, 0.2) is 62.4 Å². The van der Waals surface area contributed by atoms with Gasteiger partial charge in [-0.15, -0.1) is 11.8 Å². The van der Waals surface area contributed by atoms with E-state index in [-0.39, 0.29) is 12.3 Å². The Labute approximate surface area is 158 Å². The molecule has 0 aliphatic carbocycles. The van der Waals surface area contributed by atoms with Crippen molar-refractivity contribution in [3.8, 4) is 11.4 Å². The highest BCUT2D eigenvalue weighted by atomic mass is 79.9. The molecular weight excluding hydrogens is 402 g/mol. The maximum absolute atomic E-state index is 12.1. The standard InChI is InChI=1S/C18H16BrN3O2S/c1-25-15-4-2-3-14(11-15)20-16(23)9-10-17-21-18(22-24-17)12-5-7-13(19)8-6-12/h2-8,11H,9-10H2,1H3,(H,20,23). The molecule has 0 aliphatic heterocycles. The van der Waals surface area contributed by atoms with E-state index in [1.54, 1.807) is 11.8 Å². The van der Waals surface area contributed by atoms with Crippen LogP contribution in [0.2, 0.25) is 0 Å². The minimum absolute atomic E-state index is 0.0818. The van der Waals surface area contributed by atoms with Crippen LogP contribution in [0.5, 0.6) is 0 Å². The van der Waals surface area contributed by atoms with Gasteiger partial charge in [0.1, 0.15) is 0 Å². The lowest BCUT2D eigenvalue weighted by molar-refractivity contribution is -0.116. The van der Waals surface area contributed by atoms with Crippen LogP contribution >= 0.6 is 27.7 Å². The number of hydrogen-bond donors (Lipinski definition) is 1. The fourth-order valence-corrected chi connectivity index (χ4v) is 2.94. The molecule has 128 valence electrons. The molecular formula is C18H16BrN3O2S. The monoisotopic (exact) mass is 417 g/mol. The zero-order chi connectivity index (χ0) is 17.6. The molecule has 0 aliphatic rings. The molecule has 3 aromatic rings. The van der Waals surface area contributed by atoms with E-state index in [9.17, 15) is 4.79 Å². The molecule has 2 aromatic carbocycles. The van der Waals surface area contributed by atoms with Crippen molar-refractivity contribution in [2.75, 3.05) is 11.6 Å². The average Bonchev–Trinajstić information content (AvgIpc) is 3.10. The molecule has 0 bridgehead atoms. The Kier molecular flexibility index (Phi) is 5.88. The van der Waals surface area contributed by atoms with Crippen LogP contribution in [0.4, 0.5) is 5.69 Å². The maximum Gasteiger partial charge on any atom is 0.227 e. The Bertz CT molecular complexity index is 865. The highest BCUT2D eigenvalue weighted by molar-refractivity contribution is 9.10. The summed E-state index contributed by atoms with van der Waals surface area (Å²) in [5, 5.41) is 6.85. The number of aromatic nitrogens is 2. The van der Waals surface area contributed by atoms with Gasteiger partial charge in [-0.2, -0.15) is 4.98 Å². The largest absolute Gasteiger partial charge is 0.339 e. The molecule has 1 N–H and O–H groups in total. The van der Waals surface area contributed by atoms with Gasteiger partial charge in [0.05, 0.1) is 0 Å². The Morgan fingerprint density at radius 2 is 2.04 bits per heavy atom. The normalized spacial score (nSPS) is 10.6. The third-order valence-electron chi connectivity index (χ3n) is 3.49. The molecule has 25 heavy (non-hydrogen) atoms. The summed E-state index contributed by atoms with van der Waals surface area (Å²) in [6.45, 7) is 0. The lowest BCUT2D eigenvalue weighted by atomic mass is 10.2. The van der Waals surface area contributed by atoms with Gasteiger partial charge in [0.25, 0.3) is 0 Å². The van der Waals surface area contributed by atoms with E-state index in [4.69, 9.17) is 4.52 Å². The van der Waals surface area contributed by atoms with Crippen molar-refractivity contribution in [3.05, 3.63) is 58.9 Å². The van der Waals surface area contributed by atoms with Crippen LogP contribution in [0.25, 0.3) is 11.4 Å². The number of amides is 1. The Hall–Kier alpha value is -2.12. The van der Waals surface area contributed by atoms with Crippen LogP contribution < -0.4 is 5.32 Å². The van der Waals surface area contributed by atoms with E-state index in [1.165, 1.54) is 0 Å². The fourth-order valence-electron chi connectivity index (χ4n) is 2.22. The van der Waals surface area contributed by atoms with Crippen LogP contribution in [0.1, 0.15) is 12.3 Å². The van der Waals surface area contributed by atoms with E-state index in [0.717, 1.165) is 20.6 Å². The van der Waals surface area contributed by atoms with E-state index in [2.05, 4.69) is 31.4 Å². The Morgan fingerprint density at radius 3 is 2.80 bits per heavy atom. The number of hydrogen-bond acceptors (Lipinski definition) is 5. The summed E-state index contributed by atoms with van der Waals surface area (Å²) in [6, 6.07) is 15.4. The number of nitrogens with one attached hydrogen (secondary N) is 1. The van der Waals surface area contributed by atoms with Crippen molar-refractivity contribution in [2.45, 2.75) is 17.7 Å². The predicted molar refractivity (Wildman–Crippen MR) is 103 cm³/mol. The molecule has 0 saturated carbocycles. The van der Waals surface area contributed by atoms with Gasteiger partial charge in [0, 0.05) is 33.5 Å². The SMILES string of the molecule is CSc1cccc(NC(=O)CCc2nc(-c3ccc(Br)cc3)no2)c1. The molecule has 0 atom stereocenters. The Balaban J connectivity index is 1.56. The number of carbonyl (C=O) groups excluding carboxylic acids is 1. The number of halogens is 1. The lowest BCUT2D eigenvalue weighted by Gasteiger charge is -2.05. The van der Waals surface area contributed by atoms with Gasteiger partial charge in [-0.25, -0.2) is 0 Å². The third kappa shape index (κ3) is 4.93. The number of carbonyl (C=O) groups is 1. The molecule has 3 rings (SSSR count). The molecule has 0 spiro atoms. The second kappa shape index (κ2) is 8.31. The van der Waals surface area contributed by atoms with Crippen molar-refractivity contribution >= 4 is 39.3 Å². The van der Waals surface area contributed by atoms with Crippen molar-refractivity contribution in [1.82, 2.24) is 10.1 Å². The maximum atomic E-state index is 12.1. The van der Waals surface area contributed by atoms with Crippen LogP contribution in [-0.4, -0.2) is 22.3 Å². The second-order valence-corrected chi connectivity index (χ2v) is 7.09. The molecule has 1 aromatic heterocycles. The highest BCUT2D eigenvalue weighted by Gasteiger charge is 2.11. The first-order valence-corrected chi connectivity index (χ1v) is 9.68. The van der Waals surface area contributed by atoms with Crippen LogP contribution in [0.3, 0.4) is 0 Å². The van der Waals surface area contributed by atoms with Crippen molar-refractivity contribution in [1.29, 1.82) is 0 Å². The van der Waals surface area contributed by atoms with E-state index in [1.807, 2.05) is 54.8 Å². The van der Waals surface area contributed by atoms with Gasteiger partial charge in [-0.05, 0) is 48.7 Å². The molecule has 1 heterocycles. The summed E-state index contributed by atoms with van der Waals surface area (Å²) in [7, 11) is 0. The van der Waals surface area contributed by atoms with Gasteiger partial charge in [0.2, 0.25) is 17.6 Å². The van der Waals surface area contributed by atoms with Crippen LogP contribution in [-0.2, 0) is 11.2 Å². The summed E-state index contributed by atoms with van der Waals surface area (Å²) in [6.07, 6.45) is 2.68. The van der Waals surface area contributed by atoms with Gasteiger partial charge >= 0.3 is 0 Å². The minimum atomic E-state index is -0.0818. The van der Waals surface area contributed by atoms with E-state index < -0.39 is 0 Å². The third-order valence-corrected chi connectivity index (χ3v) is 4.74. The van der Waals surface area contributed by atoms with E-state index in [0.29, 0.717) is 18.1 Å². The molecule has 7 heteroatoms. The average molecular weight is 418 g/mol. The molecule has 0 fully saturated rings. The highest BCUT2D eigenvalue weighted by Crippen LogP contribution is 2.20. The topological polar surface area (TPSA) is 68.0 Å². The predicted octanol–water partition coefficient (Wildman–Crippen LogP) is 4.79. The van der Waals surface area contributed by atoms with Gasteiger partial charge in [-0.1, -0.05) is 27.2 Å². The molecule has 0 saturated heterocycles. The summed E-state index contributed by atoms with van der Waals surface area (Å²) < 4.78 is 6.22.